The van der Waals surface area contributed by atoms with Crippen molar-refractivity contribution in [2.75, 3.05) is 15.5 Å². The highest BCUT2D eigenvalue weighted by atomic mass is 35.5. The molecule has 4 nitrogen and oxygen atoms in total. The molecule has 0 atom stereocenters. The molecule has 0 fully saturated rings. The highest BCUT2D eigenvalue weighted by molar-refractivity contribution is 6.42. The summed E-state index contributed by atoms with van der Waals surface area (Å²) in [6.45, 7) is 4.29. The van der Waals surface area contributed by atoms with Gasteiger partial charge in [-0.25, -0.2) is 4.79 Å². The van der Waals surface area contributed by atoms with E-state index < -0.39 is 0 Å². The molecule has 0 saturated heterocycles. The van der Waals surface area contributed by atoms with Crippen molar-refractivity contribution >= 4 is 52.0 Å². The molecular formula is C22H21Cl2N3O. The van der Waals surface area contributed by atoms with Gasteiger partial charge in [0.1, 0.15) is 0 Å². The van der Waals surface area contributed by atoms with Crippen molar-refractivity contribution in [2.24, 2.45) is 0 Å². The Kier molecular flexibility index (Phi) is 6.45. The largest absolute Gasteiger partial charge is 0.339 e. The van der Waals surface area contributed by atoms with Gasteiger partial charge in [-0.1, -0.05) is 41.4 Å². The molecule has 0 heterocycles. The summed E-state index contributed by atoms with van der Waals surface area (Å²) in [5, 5.41) is 6.38. The molecule has 144 valence electrons. The maximum absolute atomic E-state index is 12.2. The maximum atomic E-state index is 12.2. The fourth-order valence-electron chi connectivity index (χ4n) is 2.91. The number of para-hydroxylation sites is 1. The minimum atomic E-state index is -0.352. The van der Waals surface area contributed by atoms with Crippen molar-refractivity contribution in [2.45, 2.75) is 19.9 Å². The Balaban J connectivity index is 1.69. The van der Waals surface area contributed by atoms with Crippen LogP contribution in [0, 0.1) is 0 Å². The van der Waals surface area contributed by atoms with E-state index >= 15 is 0 Å². The summed E-state index contributed by atoms with van der Waals surface area (Å²) in [5.41, 5.74) is 3.43. The van der Waals surface area contributed by atoms with Crippen molar-refractivity contribution < 1.29 is 4.79 Å². The Morgan fingerprint density at radius 2 is 1.36 bits per heavy atom. The Morgan fingerprint density at radius 3 is 1.96 bits per heavy atom. The van der Waals surface area contributed by atoms with E-state index in [1.165, 1.54) is 0 Å². The van der Waals surface area contributed by atoms with Gasteiger partial charge in [-0.3, -0.25) is 0 Å². The van der Waals surface area contributed by atoms with Crippen molar-refractivity contribution in [3.05, 3.63) is 82.8 Å². The highest BCUT2D eigenvalue weighted by Crippen LogP contribution is 2.29. The molecule has 28 heavy (non-hydrogen) atoms. The normalized spacial score (nSPS) is 10.6. The fourth-order valence-corrected chi connectivity index (χ4v) is 3.20. The Morgan fingerprint density at radius 1 is 0.786 bits per heavy atom. The lowest BCUT2D eigenvalue weighted by Crippen LogP contribution is -2.25. The highest BCUT2D eigenvalue weighted by Gasteiger charge is 2.13. The number of hydrogen-bond acceptors (Lipinski definition) is 2. The molecule has 0 unspecified atom stereocenters. The Labute approximate surface area is 175 Å². The summed E-state index contributed by atoms with van der Waals surface area (Å²) in [7, 11) is 0. The molecule has 0 saturated carbocycles. The number of hydrogen-bond donors (Lipinski definition) is 2. The number of nitrogens with one attached hydrogen (secondary N) is 2. The number of halogens is 2. The van der Waals surface area contributed by atoms with Crippen LogP contribution >= 0.6 is 23.2 Å². The zero-order valence-corrected chi connectivity index (χ0v) is 17.1. The van der Waals surface area contributed by atoms with Gasteiger partial charge in [0.15, 0.2) is 0 Å². The molecule has 2 N–H and O–H groups in total. The summed E-state index contributed by atoms with van der Waals surface area (Å²) in [4.78, 5) is 14.5. The SMILES string of the molecule is CC(C)N(c1ccccc1)c1ccc(NC(=O)Nc2ccc(Cl)c(Cl)c2)cc1. The second-order valence-electron chi connectivity index (χ2n) is 6.55. The average molecular weight is 414 g/mol. The molecule has 3 aromatic rings. The molecule has 0 aliphatic rings. The number of anilines is 4. The summed E-state index contributed by atoms with van der Waals surface area (Å²) < 4.78 is 0. The van der Waals surface area contributed by atoms with E-state index in [9.17, 15) is 4.79 Å². The average Bonchev–Trinajstić information content (AvgIpc) is 2.67. The van der Waals surface area contributed by atoms with Crippen LogP contribution in [-0.2, 0) is 0 Å². The van der Waals surface area contributed by atoms with E-state index in [4.69, 9.17) is 23.2 Å². The number of urea groups is 1. The summed E-state index contributed by atoms with van der Waals surface area (Å²) >= 11 is 11.9. The predicted octanol–water partition coefficient (Wildman–Crippen LogP) is 7.18. The minimum Gasteiger partial charge on any atom is -0.339 e. The quantitative estimate of drug-likeness (QED) is 0.464. The van der Waals surface area contributed by atoms with Crippen LogP contribution in [0.15, 0.2) is 72.8 Å². The zero-order chi connectivity index (χ0) is 20.1. The first kappa shape index (κ1) is 20.1. The van der Waals surface area contributed by atoms with Gasteiger partial charge in [0.25, 0.3) is 0 Å². The van der Waals surface area contributed by atoms with E-state index in [0.29, 0.717) is 27.5 Å². The first-order valence-electron chi connectivity index (χ1n) is 8.91. The topological polar surface area (TPSA) is 44.4 Å². The molecule has 0 radical (unpaired) electrons. The van der Waals surface area contributed by atoms with E-state index in [1.807, 2.05) is 42.5 Å². The van der Waals surface area contributed by atoms with E-state index in [-0.39, 0.29) is 6.03 Å². The van der Waals surface area contributed by atoms with Gasteiger partial charge >= 0.3 is 6.03 Å². The van der Waals surface area contributed by atoms with Gasteiger partial charge in [0.05, 0.1) is 10.0 Å². The molecule has 2 amide bonds. The lowest BCUT2D eigenvalue weighted by atomic mass is 10.2. The van der Waals surface area contributed by atoms with Crippen LogP contribution < -0.4 is 15.5 Å². The number of benzene rings is 3. The summed E-state index contributed by atoms with van der Waals surface area (Å²) in [5.74, 6) is 0. The molecule has 0 aliphatic heterocycles. The molecule has 0 bridgehead atoms. The van der Waals surface area contributed by atoms with Gasteiger partial charge in [-0.2, -0.15) is 0 Å². The van der Waals surface area contributed by atoms with Crippen LogP contribution in [0.1, 0.15) is 13.8 Å². The monoisotopic (exact) mass is 413 g/mol. The predicted molar refractivity (Wildman–Crippen MR) is 119 cm³/mol. The first-order valence-corrected chi connectivity index (χ1v) is 9.67. The molecule has 6 heteroatoms. The van der Waals surface area contributed by atoms with Gasteiger partial charge in [-0.05, 0) is 68.4 Å². The lowest BCUT2D eigenvalue weighted by Gasteiger charge is -2.29. The fraction of sp³-hybridized carbons (Fsp3) is 0.136. The third-order valence-corrected chi connectivity index (χ3v) is 4.87. The maximum Gasteiger partial charge on any atom is 0.323 e. The van der Waals surface area contributed by atoms with Gasteiger partial charge in [0.2, 0.25) is 0 Å². The Hall–Kier alpha value is -2.69. The molecule has 3 rings (SSSR count). The van der Waals surface area contributed by atoms with Crippen LogP contribution in [0.3, 0.4) is 0 Å². The molecule has 0 aliphatic carbocycles. The molecule has 3 aromatic carbocycles. The van der Waals surface area contributed by atoms with Crippen molar-refractivity contribution in [1.82, 2.24) is 0 Å². The summed E-state index contributed by atoms with van der Waals surface area (Å²) in [6.07, 6.45) is 0. The van der Waals surface area contributed by atoms with Crippen LogP contribution in [0.2, 0.25) is 10.0 Å². The van der Waals surface area contributed by atoms with E-state index in [0.717, 1.165) is 11.4 Å². The van der Waals surface area contributed by atoms with Crippen LogP contribution in [0.5, 0.6) is 0 Å². The van der Waals surface area contributed by atoms with Crippen LogP contribution in [0.4, 0.5) is 27.5 Å². The number of nitrogens with zero attached hydrogens (tertiary/aromatic N) is 1. The smallest absolute Gasteiger partial charge is 0.323 e. The number of carbonyl (C=O) groups excluding carboxylic acids is 1. The molecule has 0 spiro atoms. The second kappa shape index (κ2) is 9.00. The number of amides is 2. The van der Waals surface area contributed by atoms with Crippen molar-refractivity contribution in [1.29, 1.82) is 0 Å². The van der Waals surface area contributed by atoms with Gasteiger partial charge in [0, 0.05) is 28.8 Å². The first-order chi connectivity index (χ1) is 13.4. The third-order valence-electron chi connectivity index (χ3n) is 4.13. The Bertz CT molecular complexity index is 944. The summed E-state index contributed by atoms with van der Waals surface area (Å²) in [6, 6.07) is 22.8. The third kappa shape index (κ3) is 4.97. The number of carbonyl (C=O) groups is 1. The standard InChI is InChI=1S/C22H21Cl2N3O/c1-15(2)27(18-6-4-3-5-7-18)19-11-8-16(9-12-19)25-22(28)26-17-10-13-20(23)21(24)14-17/h3-15H,1-2H3,(H2,25,26,28). The molecule has 0 aromatic heterocycles. The van der Waals surface area contributed by atoms with Gasteiger partial charge < -0.3 is 15.5 Å². The lowest BCUT2D eigenvalue weighted by molar-refractivity contribution is 0.262. The van der Waals surface area contributed by atoms with Crippen molar-refractivity contribution in [3.8, 4) is 0 Å². The second-order valence-corrected chi connectivity index (χ2v) is 7.37. The van der Waals surface area contributed by atoms with Crippen molar-refractivity contribution in [3.63, 3.8) is 0 Å². The minimum absolute atomic E-state index is 0.291. The zero-order valence-electron chi connectivity index (χ0n) is 15.6. The van der Waals surface area contributed by atoms with Gasteiger partial charge in [-0.15, -0.1) is 0 Å². The molecular weight excluding hydrogens is 393 g/mol. The number of rotatable bonds is 5. The van der Waals surface area contributed by atoms with Crippen LogP contribution in [-0.4, -0.2) is 12.1 Å². The van der Waals surface area contributed by atoms with Crippen LogP contribution in [0.25, 0.3) is 0 Å². The van der Waals surface area contributed by atoms with E-state index in [2.05, 4.69) is 41.5 Å². The van der Waals surface area contributed by atoms with E-state index in [1.54, 1.807) is 18.2 Å².